The molecule has 8 heteroatoms. The third kappa shape index (κ3) is 5.77. The molecule has 8 nitrogen and oxygen atoms in total. The van der Waals surface area contributed by atoms with E-state index in [1.165, 1.54) is 6.33 Å². The van der Waals surface area contributed by atoms with Crippen molar-refractivity contribution in [1.29, 1.82) is 0 Å². The van der Waals surface area contributed by atoms with E-state index in [2.05, 4.69) is 20.7 Å². The number of anilines is 2. The van der Waals surface area contributed by atoms with Gasteiger partial charge in [0.15, 0.2) is 0 Å². The molecule has 0 aliphatic rings. The lowest BCUT2D eigenvalue weighted by Crippen LogP contribution is -2.14. The van der Waals surface area contributed by atoms with Gasteiger partial charge in [-0.05, 0) is 37.6 Å². The van der Waals surface area contributed by atoms with Crippen LogP contribution in [0.15, 0.2) is 36.9 Å². The first-order chi connectivity index (χ1) is 11.2. The summed E-state index contributed by atoms with van der Waals surface area (Å²) in [6.07, 6.45) is 3.65. The maximum atomic E-state index is 11.8. The van der Waals surface area contributed by atoms with Gasteiger partial charge in [0.05, 0.1) is 6.61 Å². The summed E-state index contributed by atoms with van der Waals surface area (Å²) in [6, 6.07) is 6.83. The first-order valence-electron chi connectivity index (χ1n) is 7.33. The van der Waals surface area contributed by atoms with Gasteiger partial charge in [-0.15, -0.1) is 0 Å². The van der Waals surface area contributed by atoms with Crippen LogP contribution in [0.3, 0.4) is 0 Å². The highest BCUT2D eigenvalue weighted by molar-refractivity contribution is 5.91. The average molecular weight is 317 g/mol. The molecular formula is C15H19N5O3. The van der Waals surface area contributed by atoms with Gasteiger partial charge >= 0.3 is 6.09 Å². The van der Waals surface area contributed by atoms with Crippen molar-refractivity contribution in [3.63, 3.8) is 0 Å². The van der Waals surface area contributed by atoms with Crippen LogP contribution < -0.4 is 10.6 Å². The van der Waals surface area contributed by atoms with Crippen LogP contribution in [0, 0.1) is 0 Å². The second-order valence-electron chi connectivity index (χ2n) is 4.73. The standard InChI is InChI=1S/C15H19N5O3/c1-2-23-15(22)19-13-7-5-12(6-8-13)18-14(21)4-3-9-20-11-16-10-17-20/h5-8,10-11H,2-4,9H2,1H3,(H,18,21)(H,19,22). The summed E-state index contributed by atoms with van der Waals surface area (Å²) in [5, 5.41) is 9.36. The molecule has 0 saturated heterocycles. The van der Waals surface area contributed by atoms with Gasteiger partial charge in [-0.3, -0.25) is 14.8 Å². The van der Waals surface area contributed by atoms with Crippen molar-refractivity contribution < 1.29 is 14.3 Å². The average Bonchev–Trinajstić information content (AvgIpc) is 3.03. The fourth-order valence-electron chi connectivity index (χ4n) is 1.90. The fraction of sp³-hybridized carbons (Fsp3) is 0.333. The zero-order valence-electron chi connectivity index (χ0n) is 12.9. The lowest BCUT2D eigenvalue weighted by atomic mass is 10.2. The Morgan fingerprint density at radius 1 is 1.17 bits per heavy atom. The fourth-order valence-corrected chi connectivity index (χ4v) is 1.90. The molecule has 2 aromatic rings. The molecule has 1 aromatic heterocycles. The minimum Gasteiger partial charge on any atom is -0.450 e. The number of amides is 2. The molecule has 0 aliphatic heterocycles. The predicted octanol–water partition coefficient (Wildman–Crippen LogP) is 2.27. The maximum Gasteiger partial charge on any atom is 0.411 e. The Labute approximate surface area is 133 Å². The summed E-state index contributed by atoms with van der Waals surface area (Å²) in [7, 11) is 0. The molecule has 0 radical (unpaired) electrons. The molecule has 0 fully saturated rings. The summed E-state index contributed by atoms with van der Waals surface area (Å²) in [5.41, 5.74) is 1.28. The summed E-state index contributed by atoms with van der Waals surface area (Å²) in [6.45, 7) is 2.70. The lowest BCUT2D eigenvalue weighted by Gasteiger charge is -2.08. The Bertz CT molecular complexity index is 625. The summed E-state index contributed by atoms with van der Waals surface area (Å²) < 4.78 is 6.47. The lowest BCUT2D eigenvalue weighted by molar-refractivity contribution is -0.116. The van der Waals surface area contributed by atoms with Gasteiger partial charge in [-0.2, -0.15) is 5.10 Å². The van der Waals surface area contributed by atoms with Gasteiger partial charge in [0, 0.05) is 24.3 Å². The SMILES string of the molecule is CCOC(=O)Nc1ccc(NC(=O)CCCn2cncn2)cc1. The Hall–Kier alpha value is -2.90. The summed E-state index contributed by atoms with van der Waals surface area (Å²) in [4.78, 5) is 27.0. The quantitative estimate of drug-likeness (QED) is 0.816. The minimum atomic E-state index is -0.502. The Morgan fingerprint density at radius 3 is 2.48 bits per heavy atom. The molecule has 2 rings (SSSR count). The predicted molar refractivity (Wildman–Crippen MR) is 85.0 cm³/mol. The van der Waals surface area contributed by atoms with E-state index < -0.39 is 6.09 Å². The van der Waals surface area contributed by atoms with Crippen molar-refractivity contribution in [2.45, 2.75) is 26.3 Å². The molecule has 0 atom stereocenters. The number of carbonyl (C=O) groups excluding carboxylic acids is 2. The number of ether oxygens (including phenoxy) is 1. The molecule has 0 aliphatic carbocycles. The zero-order valence-corrected chi connectivity index (χ0v) is 12.9. The van der Waals surface area contributed by atoms with Crippen molar-refractivity contribution in [2.24, 2.45) is 0 Å². The molecule has 1 heterocycles. The van der Waals surface area contributed by atoms with Crippen molar-refractivity contribution >= 4 is 23.4 Å². The molecule has 2 N–H and O–H groups in total. The molecule has 2 amide bonds. The van der Waals surface area contributed by atoms with Crippen LogP contribution in [-0.2, 0) is 16.1 Å². The van der Waals surface area contributed by atoms with Crippen molar-refractivity contribution in [1.82, 2.24) is 14.8 Å². The van der Waals surface area contributed by atoms with Gasteiger partial charge in [-0.1, -0.05) is 0 Å². The normalized spacial score (nSPS) is 10.1. The van der Waals surface area contributed by atoms with Crippen LogP contribution in [0.5, 0.6) is 0 Å². The third-order valence-corrected chi connectivity index (χ3v) is 2.95. The largest absolute Gasteiger partial charge is 0.450 e. The number of hydrogen-bond acceptors (Lipinski definition) is 5. The van der Waals surface area contributed by atoms with Crippen LogP contribution in [0.1, 0.15) is 19.8 Å². The first kappa shape index (κ1) is 16.5. The van der Waals surface area contributed by atoms with Crippen LogP contribution in [-0.4, -0.2) is 33.4 Å². The van der Waals surface area contributed by atoms with Gasteiger partial charge in [-0.25, -0.2) is 9.78 Å². The molecular weight excluding hydrogens is 298 g/mol. The van der Waals surface area contributed by atoms with Crippen molar-refractivity contribution in [2.75, 3.05) is 17.2 Å². The minimum absolute atomic E-state index is 0.0729. The topological polar surface area (TPSA) is 98.1 Å². The second-order valence-corrected chi connectivity index (χ2v) is 4.73. The molecule has 0 bridgehead atoms. The molecule has 1 aromatic carbocycles. The number of rotatable bonds is 7. The van der Waals surface area contributed by atoms with E-state index in [9.17, 15) is 9.59 Å². The number of carbonyl (C=O) groups is 2. The number of hydrogen-bond donors (Lipinski definition) is 2. The first-order valence-corrected chi connectivity index (χ1v) is 7.33. The number of aromatic nitrogens is 3. The van der Waals surface area contributed by atoms with Gasteiger partial charge in [0.2, 0.25) is 5.91 Å². The molecule has 0 saturated carbocycles. The van der Waals surface area contributed by atoms with E-state index in [4.69, 9.17) is 4.74 Å². The maximum absolute atomic E-state index is 11.8. The van der Waals surface area contributed by atoms with Gasteiger partial charge in [0.25, 0.3) is 0 Å². The van der Waals surface area contributed by atoms with Crippen LogP contribution in [0.25, 0.3) is 0 Å². The highest BCUT2D eigenvalue weighted by atomic mass is 16.5. The van der Waals surface area contributed by atoms with Crippen LogP contribution >= 0.6 is 0 Å². The zero-order chi connectivity index (χ0) is 16.5. The van der Waals surface area contributed by atoms with Crippen molar-refractivity contribution in [3.8, 4) is 0 Å². The van der Waals surface area contributed by atoms with E-state index in [0.717, 1.165) is 0 Å². The molecule has 122 valence electrons. The Morgan fingerprint density at radius 2 is 1.87 bits per heavy atom. The number of nitrogens with zero attached hydrogens (tertiary/aromatic N) is 3. The monoisotopic (exact) mass is 317 g/mol. The van der Waals surface area contributed by atoms with Crippen LogP contribution in [0.4, 0.5) is 16.2 Å². The van der Waals surface area contributed by atoms with E-state index in [-0.39, 0.29) is 5.91 Å². The summed E-state index contributed by atoms with van der Waals surface area (Å²) in [5.74, 6) is -0.0729. The van der Waals surface area contributed by atoms with E-state index in [0.29, 0.717) is 37.4 Å². The highest BCUT2D eigenvalue weighted by Gasteiger charge is 2.05. The number of aryl methyl sites for hydroxylation is 1. The highest BCUT2D eigenvalue weighted by Crippen LogP contribution is 2.14. The molecule has 0 unspecified atom stereocenters. The Kier molecular flexibility index (Phi) is 6.10. The molecule has 23 heavy (non-hydrogen) atoms. The Balaban J connectivity index is 1.74. The van der Waals surface area contributed by atoms with E-state index in [1.54, 1.807) is 42.2 Å². The van der Waals surface area contributed by atoms with Crippen LogP contribution in [0.2, 0.25) is 0 Å². The van der Waals surface area contributed by atoms with Gasteiger partial charge < -0.3 is 10.1 Å². The number of benzene rings is 1. The smallest absolute Gasteiger partial charge is 0.411 e. The van der Waals surface area contributed by atoms with E-state index in [1.807, 2.05) is 0 Å². The molecule has 0 spiro atoms. The third-order valence-electron chi connectivity index (χ3n) is 2.95. The van der Waals surface area contributed by atoms with Gasteiger partial charge in [0.1, 0.15) is 12.7 Å². The second kappa shape index (κ2) is 8.52. The summed E-state index contributed by atoms with van der Waals surface area (Å²) >= 11 is 0. The number of nitrogens with one attached hydrogen (secondary N) is 2. The van der Waals surface area contributed by atoms with Crippen molar-refractivity contribution in [3.05, 3.63) is 36.9 Å². The van der Waals surface area contributed by atoms with E-state index >= 15 is 0 Å².